The first-order chi connectivity index (χ1) is 17.2. The van der Waals surface area contributed by atoms with Crippen LogP contribution in [-0.2, 0) is 11.0 Å². The molecule has 1 aliphatic carbocycles. The molecule has 0 radical (unpaired) electrons. The van der Waals surface area contributed by atoms with E-state index in [1.54, 1.807) is 12.1 Å². The number of halogens is 9. The van der Waals surface area contributed by atoms with Gasteiger partial charge in [-0.15, -0.1) is 23.2 Å². The second kappa shape index (κ2) is 10.2. The highest BCUT2D eigenvalue weighted by Crippen LogP contribution is 2.65. The van der Waals surface area contributed by atoms with Gasteiger partial charge < -0.3 is 10.6 Å². The Bertz CT molecular complexity index is 1390. The van der Waals surface area contributed by atoms with Crippen LogP contribution in [0.15, 0.2) is 54.6 Å². The Morgan fingerprint density at radius 3 is 2.14 bits per heavy atom. The van der Waals surface area contributed by atoms with Crippen molar-refractivity contribution in [2.45, 2.75) is 16.4 Å². The Morgan fingerprint density at radius 1 is 0.865 bits per heavy atom. The highest BCUT2D eigenvalue weighted by Gasteiger charge is 2.67. The maximum atomic E-state index is 13.4. The third-order valence-corrected chi connectivity index (χ3v) is 7.30. The average molecular weight is 615 g/mol. The highest BCUT2D eigenvalue weighted by atomic mass is 35.5. The summed E-state index contributed by atoms with van der Waals surface area (Å²) < 4.78 is 51.8. The zero-order valence-electron chi connectivity index (χ0n) is 18.1. The average Bonchev–Trinajstić information content (AvgIpc) is 3.37. The molecule has 194 valence electrons. The van der Waals surface area contributed by atoms with E-state index in [1.807, 2.05) is 0 Å². The lowest BCUT2D eigenvalue weighted by Crippen LogP contribution is -2.19. The van der Waals surface area contributed by atoms with Gasteiger partial charge in [0.1, 0.15) is 10.2 Å². The highest BCUT2D eigenvalue weighted by molar-refractivity contribution is 6.53. The molecule has 1 fully saturated rings. The largest absolute Gasteiger partial charge is 0.418 e. The van der Waals surface area contributed by atoms with Gasteiger partial charge in [-0.05, 0) is 60.2 Å². The van der Waals surface area contributed by atoms with Crippen LogP contribution in [0.4, 0.5) is 28.9 Å². The molecule has 13 heteroatoms. The van der Waals surface area contributed by atoms with E-state index < -0.39 is 51.2 Å². The summed E-state index contributed by atoms with van der Waals surface area (Å²) in [7, 11) is 0. The number of carbonyl (C=O) groups excluding carboxylic acids is 2. The Morgan fingerprint density at radius 2 is 1.51 bits per heavy atom. The second-order valence-electron chi connectivity index (χ2n) is 8.16. The van der Waals surface area contributed by atoms with Crippen molar-refractivity contribution in [2.24, 2.45) is 5.92 Å². The lowest BCUT2D eigenvalue weighted by Gasteiger charge is -2.15. The first kappa shape index (κ1) is 27.8. The van der Waals surface area contributed by atoms with Crippen LogP contribution in [0.1, 0.15) is 27.4 Å². The van der Waals surface area contributed by atoms with Crippen LogP contribution < -0.4 is 10.6 Å². The molecule has 3 aromatic rings. The van der Waals surface area contributed by atoms with Gasteiger partial charge in [-0.25, -0.2) is 4.39 Å². The summed E-state index contributed by atoms with van der Waals surface area (Å²) in [4.78, 5) is 25.7. The van der Waals surface area contributed by atoms with E-state index in [-0.39, 0.29) is 22.3 Å². The number of hydrogen-bond acceptors (Lipinski definition) is 2. The summed E-state index contributed by atoms with van der Waals surface area (Å²) in [6.07, 6.45) is -4.92. The Hall–Kier alpha value is -2.23. The second-order valence-corrected chi connectivity index (χ2v) is 10.9. The Kier molecular flexibility index (Phi) is 7.63. The van der Waals surface area contributed by atoms with E-state index >= 15 is 0 Å². The van der Waals surface area contributed by atoms with Crippen LogP contribution in [0, 0.1) is 11.7 Å². The van der Waals surface area contributed by atoms with Crippen molar-refractivity contribution in [1.82, 2.24) is 0 Å². The standard InChI is InChI=1S/C24H13Cl5F4N2O2/c25-11-5-10(6-12(26)7-11)19-20(23(19,28)29)22(37)34-14-2-3-17(27)15(9-14)21(36)35-18-4-1-13(30)8-16(18)24(31,32)33/h1-9,19-20H,(H,34,37)(H,35,36)/t19-,20+/m0/s1. The van der Waals surface area contributed by atoms with E-state index in [4.69, 9.17) is 58.0 Å². The fraction of sp³-hybridized carbons (Fsp3) is 0.167. The predicted octanol–water partition coefficient (Wildman–Crippen LogP) is 8.58. The van der Waals surface area contributed by atoms with E-state index in [0.29, 0.717) is 15.6 Å². The van der Waals surface area contributed by atoms with E-state index in [0.717, 1.165) is 12.1 Å². The normalized spacial score (nSPS) is 18.3. The molecule has 1 aliphatic rings. The van der Waals surface area contributed by atoms with Crippen molar-refractivity contribution < 1.29 is 27.2 Å². The first-order valence-corrected chi connectivity index (χ1v) is 12.2. The molecule has 2 atom stereocenters. The van der Waals surface area contributed by atoms with Crippen molar-refractivity contribution in [3.8, 4) is 0 Å². The van der Waals surface area contributed by atoms with Gasteiger partial charge in [0.05, 0.1) is 27.8 Å². The zero-order valence-corrected chi connectivity index (χ0v) is 21.8. The molecule has 2 N–H and O–H groups in total. The van der Waals surface area contributed by atoms with Gasteiger partial charge in [0, 0.05) is 21.7 Å². The summed E-state index contributed by atoms with van der Waals surface area (Å²) in [6, 6.07) is 10.3. The lowest BCUT2D eigenvalue weighted by atomic mass is 10.1. The molecule has 4 rings (SSSR count). The monoisotopic (exact) mass is 612 g/mol. The number of nitrogens with one attached hydrogen (secondary N) is 2. The van der Waals surface area contributed by atoms with Crippen LogP contribution in [0.5, 0.6) is 0 Å². The molecule has 0 saturated heterocycles. The van der Waals surface area contributed by atoms with Crippen molar-refractivity contribution >= 4 is 81.2 Å². The number of anilines is 2. The van der Waals surface area contributed by atoms with Gasteiger partial charge in [0.2, 0.25) is 5.91 Å². The van der Waals surface area contributed by atoms with E-state index in [2.05, 4.69) is 10.6 Å². The summed E-state index contributed by atoms with van der Waals surface area (Å²) in [6.45, 7) is 0. The Labute approximate surface area is 232 Å². The third-order valence-electron chi connectivity index (χ3n) is 5.59. The maximum Gasteiger partial charge on any atom is 0.418 e. The first-order valence-electron chi connectivity index (χ1n) is 10.3. The minimum Gasteiger partial charge on any atom is -0.326 e. The quantitative estimate of drug-likeness (QED) is 0.223. The number of alkyl halides is 5. The van der Waals surface area contributed by atoms with Crippen molar-refractivity contribution in [3.05, 3.63) is 92.2 Å². The van der Waals surface area contributed by atoms with Crippen molar-refractivity contribution in [2.75, 3.05) is 10.6 Å². The molecule has 1 saturated carbocycles. The van der Waals surface area contributed by atoms with E-state index in [9.17, 15) is 27.2 Å². The van der Waals surface area contributed by atoms with Gasteiger partial charge in [0.15, 0.2) is 0 Å². The zero-order chi connectivity index (χ0) is 27.3. The molecular formula is C24H13Cl5F4N2O2. The van der Waals surface area contributed by atoms with Gasteiger partial charge in [-0.3, -0.25) is 9.59 Å². The fourth-order valence-corrected chi connectivity index (χ4v) is 5.44. The number of rotatable bonds is 5. The van der Waals surface area contributed by atoms with Gasteiger partial charge in [-0.1, -0.05) is 34.8 Å². The molecule has 0 aliphatic heterocycles. The number of benzene rings is 3. The van der Waals surface area contributed by atoms with E-state index in [1.165, 1.54) is 24.3 Å². The molecule has 3 aromatic carbocycles. The number of carbonyl (C=O) groups is 2. The minimum atomic E-state index is -4.92. The number of hydrogen-bond donors (Lipinski definition) is 2. The van der Waals surface area contributed by atoms with Crippen molar-refractivity contribution in [1.29, 1.82) is 0 Å². The summed E-state index contributed by atoms with van der Waals surface area (Å²) in [5.41, 5.74) is -1.62. The molecular weight excluding hydrogens is 602 g/mol. The smallest absolute Gasteiger partial charge is 0.326 e. The molecule has 0 heterocycles. The molecule has 0 aromatic heterocycles. The Balaban J connectivity index is 1.54. The van der Waals surface area contributed by atoms with Crippen LogP contribution in [-0.4, -0.2) is 16.1 Å². The van der Waals surface area contributed by atoms with Crippen LogP contribution in [0.3, 0.4) is 0 Å². The molecule has 37 heavy (non-hydrogen) atoms. The van der Waals surface area contributed by atoms with Crippen LogP contribution >= 0.6 is 58.0 Å². The van der Waals surface area contributed by atoms with Crippen molar-refractivity contribution in [3.63, 3.8) is 0 Å². The van der Waals surface area contributed by atoms with Crippen LogP contribution in [0.2, 0.25) is 15.1 Å². The molecule has 0 bridgehead atoms. The molecule has 0 unspecified atom stereocenters. The lowest BCUT2D eigenvalue weighted by molar-refractivity contribution is -0.137. The summed E-state index contributed by atoms with van der Waals surface area (Å²) in [5, 5.41) is 5.22. The summed E-state index contributed by atoms with van der Waals surface area (Å²) in [5.74, 6) is -4.24. The number of amides is 2. The van der Waals surface area contributed by atoms with Crippen LogP contribution in [0.25, 0.3) is 0 Å². The minimum absolute atomic E-state index is 0.104. The topological polar surface area (TPSA) is 58.2 Å². The summed E-state index contributed by atoms with van der Waals surface area (Å²) >= 11 is 30.8. The van der Waals surface area contributed by atoms with Gasteiger partial charge in [0.25, 0.3) is 5.91 Å². The van der Waals surface area contributed by atoms with Gasteiger partial charge in [-0.2, -0.15) is 13.2 Å². The fourth-order valence-electron chi connectivity index (χ4n) is 3.87. The molecule has 0 spiro atoms. The molecule has 4 nitrogen and oxygen atoms in total. The predicted molar refractivity (Wildman–Crippen MR) is 137 cm³/mol. The third kappa shape index (κ3) is 5.94. The van der Waals surface area contributed by atoms with Gasteiger partial charge >= 0.3 is 6.18 Å². The SMILES string of the molecule is O=C(Nc1ccc(F)cc1C(F)(F)F)c1cc(NC(=O)[C@H]2[C@H](c3cc(Cl)cc(Cl)c3)C2(Cl)Cl)ccc1Cl. The molecule has 2 amide bonds. The maximum absolute atomic E-state index is 13.4.